The molecule has 1 atom stereocenters. The van der Waals surface area contributed by atoms with Crippen LogP contribution in [0.25, 0.3) is 0 Å². The molecule has 3 rings (SSSR count). The summed E-state index contributed by atoms with van der Waals surface area (Å²) < 4.78 is 0. The maximum atomic E-state index is 11.1. The molecule has 2 nitrogen and oxygen atoms in total. The predicted molar refractivity (Wildman–Crippen MR) is 63.4 cm³/mol. The largest absolute Gasteiger partial charge is 0.481 e. The summed E-state index contributed by atoms with van der Waals surface area (Å²) in [5.74, 6) is -0.786. The molecule has 0 amide bonds. The van der Waals surface area contributed by atoms with Crippen LogP contribution in [-0.2, 0) is 17.6 Å². The fourth-order valence-corrected chi connectivity index (χ4v) is 2.32. The first-order valence-corrected chi connectivity index (χ1v) is 6.06. The van der Waals surface area contributed by atoms with Gasteiger partial charge in [-0.05, 0) is 43.2 Å². The second-order valence-electron chi connectivity index (χ2n) is 4.64. The zero-order valence-corrected chi connectivity index (χ0v) is 9.48. The van der Waals surface area contributed by atoms with E-state index in [0.717, 1.165) is 38.5 Å². The van der Waals surface area contributed by atoms with Crippen molar-refractivity contribution in [3.8, 4) is 0 Å². The maximum absolute atomic E-state index is 11.1. The predicted octanol–water partition coefficient (Wildman–Crippen LogP) is 3.05. The highest BCUT2D eigenvalue weighted by Gasteiger charge is 2.17. The van der Waals surface area contributed by atoms with Crippen LogP contribution in [0.15, 0.2) is 24.3 Å². The highest BCUT2D eigenvalue weighted by Crippen LogP contribution is 2.20. The van der Waals surface area contributed by atoms with Crippen molar-refractivity contribution in [2.75, 3.05) is 0 Å². The molecular formula is C14H18O2. The van der Waals surface area contributed by atoms with Gasteiger partial charge in [-0.15, -0.1) is 0 Å². The smallest absolute Gasteiger partial charge is 0.306 e. The lowest BCUT2D eigenvalue weighted by atomic mass is 9.95. The SMILES string of the molecule is O=C(O)C1CCCCc2ccc(cc2)CC1. The summed E-state index contributed by atoms with van der Waals surface area (Å²) in [7, 11) is 0. The Morgan fingerprint density at radius 1 is 1.00 bits per heavy atom. The molecule has 16 heavy (non-hydrogen) atoms. The van der Waals surface area contributed by atoms with Crippen molar-refractivity contribution in [2.24, 2.45) is 5.92 Å². The third-order valence-electron chi connectivity index (χ3n) is 3.42. The average molecular weight is 218 g/mol. The number of fused-ring (bicyclic) bond motifs is 8. The standard InChI is InChI=1S/C14H18O2/c15-14(16)13-4-2-1-3-11-5-7-12(8-6-11)9-10-13/h5-8,13H,1-4,9-10H2,(H,15,16). The van der Waals surface area contributed by atoms with Crippen LogP contribution >= 0.6 is 0 Å². The van der Waals surface area contributed by atoms with Crippen molar-refractivity contribution in [1.82, 2.24) is 0 Å². The lowest BCUT2D eigenvalue weighted by Gasteiger charge is -2.10. The summed E-state index contributed by atoms with van der Waals surface area (Å²) in [4.78, 5) is 11.1. The van der Waals surface area contributed by atoms with E-state index >= 15 is 0 Å². The fourth-order valence-electron chi connectivity index (χ4n) is 2.32. The van der Waals surface area contributed by atoms with Crippen molar-refractivity contribution >= 4 is 5.97 Å². The van der Waals surface area contributed by atoms with Gasteiger partial charge >= 0.3 is 5.97 Å². The van der Waals surface area contributed by atoms with Gasteiger partial charge in [-0.2, -0.15) is 0 Å². The number of carboxylic acids is 1. The Morgan fingerprint density at radius 3 is 2.25 bits per heavy atom. The minimum atomic E-state index is -0.630. The van der Waals surface area contributed by atoms with Crippen LogP contribution in [0.3, 0.4) is 0 Å². The quantitative estimate of drug-likeness (QED) is 0.786. The number of rotatable bonds is 1. The number of carbonyl (C=O) groups is 1. The van der Waals surface area contributed by atoms with Gasteiger partial charge in [-0.3, -0.25) is 4.79 Å². The first-order valence-electron chi connectivity index (χ1n) is 6.06. The van der Waals surface area contributed by atoms with Crippen LogP contribution in [0, 0.1) is 5.92 Å². The average Bonchev–Trinajstić information content (AvgIpc) is 2.35. The molecule has 1 unspecified atom stereocenters. The Hall–Kier alpha value is -1.31. The molecule has 1 aromatic rings. The lowest BCUT2D eigenvalue weighted by Crippen LogP contribution is -2.14. The molecule has 0 saturated heterocycles. The van der Waals surface area contributed by atoms with Gasteiger partial charge in [0.25, 0.3) is 0 Å². The first-order chi connectivity index (χ1) is 7.75. The number of hydrogen-bond acceptors (Lipinski definition) is 1. The van der Waals surface area contributed by atoms with Gasteiger partial charge in [0, 0.05) is 0 Å². The zero-order chi connectivity index (χ0) is 11.4. The third kappa shape index (κ3) is 2.84. The van der Waals surface area contributed by atoms with Crippen molar-refractivity contribution < 1.29 is 9.90 Å². The van der Waals surface area contributed by atoms with E-state index in [2.05, 4.69) is 24.3 Å². The van der Waals surface area contributed by atoms with Crippen molar-refractivity contribution in [1.29, 1.82) is 0 Å². The number of hydrogen-bond donors (Lipinski definition) is 1. The number of benzene rings is 1. The number of aliphatic carboxylic acids is 1. The van der Waals surface area contributed by atoms with Crippen LogP contribution in [0.1, 0.15) is 36.8 Å². The Bertz CT molecular complexity index is 354. The summed E-state index contributed by atoms with van der Waals surface area (Å²) >= 11 is 0. The fraction of sp³-hybridized carbons (Fsp3) is 0.500. The normalized spacial score (nSPS) is 21.4. The van der Waals surface area contributed by atoms with Crippen LogP contribution in [0.4, 0.5) is 0 Å². The molecule has 0 aromatic heterocycles. The van der Waals surface area contributed by atoms with E-state index in [-0.39, 0.29) is 5.92 Å². The molecular weight excluding hydrogens is 200 g/mol. The van der Waals surface area contributed by atoms with Crippen LogP contribution in [0.2, 0.25) is 0 Å². The van der Waals surface area contributed by atoms with Crippen molar-refractivity contribution in [3.63, 3.8) is 0 Å². The van der Waals surface area contributed by atoms with E-state index in [1.54, 1.807) is 0 Å². The van der Waals surface area contributed by atoms with E-state index in [9.17, 15) is 4.79 Å². The Morgan fingerprint density at radius 2 is 1.62 bits per heavy atom. The topological polar surface area (TPSA) is 37.3 Å². The van der Waals surface area contributed by atoms with Crippen LogP contribution in [0.5, 0.6) is 0 Å². The highest BCUT2D eigenvalue weighted by atomic mass is 16.4. The Balaban J connectivity index is 2.10. The zero-order valence-electron chi connectivity index (χ0n) is 9.48. The molecule has 0 spiro atoms. The van der Waals surface area contributed by atoms with Gasteiger partial charge in [0.1, 0.15) is 0 Å². The summed E-state index contributed by atoms with van der Waals surface area (Å²) in [5.41, 5.74) is 2.63. The summed E-state index contributed by atoms with van der Waals surface area (Å²) in [5, 5.41) is 9.11. The summed E-state index contributed by atoms with van der Waals surface area (Å²) in [6.07, 6.45) is 5.69. The van der Waals surface area contributed by atoms with E-state index in [4.69, 9.17) is 5.11 Å². The molecule has 0 heterocycles. The van der Waals surface area contributed by atoms with Gasteiger partial charge in [0.2, 0.25) is 0 Å². The molecule has 2 heteroatoms. The molecule has 0 fully saturated rings. The van der Waals surface area contributed by atoms with Gasteiger partial charge < -0.3 is 5.11 Å². The second kappa shape index (κ2) is 5.15. The molecule has 1 aromatic carbocycles. The highest BCUT2D eigenvalue weighted by molar-refractivity contribution is 5.69. The van der Waals surface area contributed by atoms with E-state index in [1.807, 2.05) is 0 Å². The minimum Gasteiger partial charge on any atom is -0.481 e. The van der Waals surface area contributed by atoms with E-state index < -0.39 is 5.97 Å². The van der Waals surface area contributed by atoms with E-state index in [1.165, 1.54) is 11.1 Å². The van der Waals surface area contributed by atoms with Gasteiger partial charge in [0.05, 0.1) is 5.92 Å². The second-order valence-corrected chi connectivity index (χ2v) is 4.64. The van der Waals surface area contributed by atoms with E-state index in [0.29, 0.717) is 0 Å². The monoisotopic (exact) mass is 218 g/mol. The minimum absolute atomic E-state index is 0.156. The molecule has 2 aliphatic carbocycles. The van der Waals surface area contributed by atoms with Crippen LogP contribution < -0.4 is 0 Å². The molecule has 1 N–H and O–H groups in total. The Labute approximate surface area is 96.3 Å². The number of carboxylic acid groups (broad SMARTS) is 1. The molecule has 2 aliphatic rings. The maximum Gasteiger partial charge on any atom is 0.306 e. The molecule has 0 saturated carbocycles. The molecule has 0 radical (unpaired) electrons. The van der Waals surface area contributed by atoms with Crippen molar-refractivity contribution in [2.45, 2.75) is 38.5 Å². The Kier molecular flexibility index (Phi) is 3.60. The van der Waals surface area contributed by atoms with Gasteiger partial charge in [0.15, 0.2) is 0 Å². The van der Waals surface area contributed by atoms with Gasteiger partial charge in [-0.25, -0.2) is 0 Å². The summed E-state index contributed by atoms with van der Waals surface area (Å²) in [6, 6.07) is 8.63. The first kappa shape index (κ1) is 11.2. The van der Waals surface area contributed by atoms with Gasteiger partial charge in [-0.1, -0.05) is 30.7 Å². The molecule has 86 valence electrons. The lowest BCUT2D eigenvalue weighted by molar-refractivity contribution is -0.142. The van der Waals surface area contributed by atoms with Crippen LogP contribution in [-0.4, -0.2) is 11.1 Å². The molecule has 0 aliphatic heterocycles. The number of aryl methyl sites for hydroxylation is 2. The van der Waals surface area contributed by atoms with Crippen molar-refractivity contribution in [3.05, 3.63) is 35.4 Å². The third-order valence-corrected chi connectivity index (χ3v) is 3.42. The molecule has 2 bridgehead atoms. The summed E-state index contributed by atoms with van der Waals surface area (Å²) in [6.45, 7) is 0.